The van der Waals surface area contributed by atoms with Crippen LogP contribution >= 0.6 is 11.8 Å². The molecular weight excluding hydrogens is 236 g/mol. The van der Waals surface area contributed by atoms with Crippen LogP contribution < -0.4 is 10.6 Å². The second-order valence-corrected chi connectivity index (χ2v) is 5.70. The van der Waals surface area contributed by atoms with Crippen LogP contribution in [0.2, 0.25) is 0 Å². The van der Waals surface area contributed by atoms with Gasteiger partial charge in [0.2, 0.25) is 5.91 Å². The highest BCUT2D eigenvalue weighted by Gasteiger charge is 2.16. The zero-order chi connectivity index (χ0) is 12.5. The quantitative estimate of drug-likeness (QED) is 0.671. The summed E-state index contributed by atoms with van der Waals surface area (Å²) in [6, 6.07) is 0.348. The van der Waals surface area contributed by atoms with E-state index >= 15 is 0 Å². The van der Waals surface area contributed by atoms with Gasteiger partial charge < -0.3 is 15.4 Å². The van der Waals surface area contributed by atoms with E-state index in [1.165, 1.54) is 0 Å². The second-order valence-electron chi connectivity index (χ2n) is 4.55. The zero-order valence-corrected chi connectivity index (χ0v) is 11.6. The number of hydrogen-bond acceptors (Lipinski definition) is 4. The normalized spacial score (nSPS) is 20.5. The standard InChI is InChI=1S/C12H24N2O2S/c1-10(2)16-6-3-4-14-12(15)8-11-9-17-7-5-13-11/h10-11,13H,3-9H2,1-2H3,(H,14,15). The van der Waals surface area contributed by atoms with Gasteiger partial charge in [-0.05, 0) is 20.3 Å². The first-order valence-corrected chi connectivity index (χ1v) is 7.53. The van der Waals surface area contributed by atoms with Crippen LogP contribution in [0.25, 0.3) is 0 Å². The summed E-state index contributed by atoms with van der Waals surface area (Å²) in [5.41, 5.74) is 0. The predicted octanol–water partition coefficient (Wildman–Crippen LogP) is 1.01. The van der Waals surface area contributed by atoms with Crippen LogP contribution in [0.3, 0.4) is 0 Å². The number of carbonyl (C=O) groups is 1. The predicted molar refractivity (Wildman–Crippen MR) is 72.4 cm³/mol. The molecule has 1 rings (SSSR count). The Hall–Kier alpha value is -0.260. The molecule has 0 radical (unpaired) electrons. The molecule has 1 aliphatic heterocycles. The highest BCUT2D eigenvalue weighted by molar-refractivity contribution is 7.99. The van der Waals surface area contributed by atoms with Crippen LogP contribution in [0.5, 0.6) is 0 Å². The number of amides is 1. The third-order valence-electron chi connectivity index (χ3n) is 2.52. The van der Waals surface area contributed by atoms with Gasteiger partial charge in [0.25, 0.3) is 0 Å². The third-order valence-corrected chi connectivity index (χ3v) is 3.66. The summed E-state index contributed by atoms with van der Waals surface area (Å²) in [7, 11) is 0. The molecule has 2 N–H and O–H groups in total. The summed E-state index contributed by atoms with van der Waals surface area (Å²) >= 11 is 1.92. The monoisotopic (exact) mass is 260 g/mol. The Balaban J connectivity index is 1.97. The number of hydrogen-bond donors (Lipinski definition) is 2. The molecule has 0 aliphatic carbocycles. The van der Waals surface area contributed by atoms with Crippen LogP contribution in [0.15, 0.2) is 0 Å². The van der Waals surface area contributed by atoms with Crippen molar-refractivity contribution in [3.63, 3.8) is 0 Å². The van der Waals surface area contributed by atoms with Crippen LogP contribution in [0.4, 0.5) is 0 Å². The van der Waals surface area contributed by atoms with Gasteiger partial charge in [0.15, 0.2) is 0 Å². The molecule has 1 amide bonds. The third kappa shape index (κ3) is 7.63. The van der Waals surface area contributed by atoms with Crippen LogP contribution in [0, 0.1) is 0 Å². The molecular formula is C12H24N2O2S. The van der Waals surface area contributed by atoms with E-state index < -0.39 is 0 Å². The highest BCUT2D eigenvalue weighted by Crippen LogP contribution is 2.09. The molecule has 0 saturated carbocycles. The molecule has 0 aromatic heterocycles. The minimum absolute atomic E-state index is 0.148. The summed E-state index contributed by atoms with van der Waals surface area (Å²) in [6.45, 7) is 6.49. The van der Waals surface area contributed by atoms with Crippen molar-refractivity contribution in [1.29, 1.82) is 0 Å². The van der Waals surface area contributed by atoms with E-state index in [2.05, 4.69) is 10.6 Å². The Morgan fingerprint density at radius 1 is 1.59 bits per heavy atom. The van der Waals surface area contributed by atoms with Crippen molar-refractivity contribution in [3.8, 4) is 0 Å². The molecule has 0 bridgehead atoms. The van der Waals surface area contributed by atoms with Gasteiger partial charge in [0.05, 0.1) is 6.10 Å². The van der Waals surface area contributed by atoms with E-state index in [1.54, 1.807) is 0 Å². The number of carbonyl (C=O) groups excluding carboxylic acids is 1. The Labute approximate surface area is 108 Å². The fourth-order valence-electron chi connectivity index (χ4n) is 1.67. The van der Waals surface area contributed by atoms with Crippen LogP contribution in [-0.2, 0) is 9.53 Å². The fourth-order valence-corrected chi connectivity index (χ4v) is 2.61. The van der Waals surface area contributed by atoms with Crippen molar-refractivity contribution < 1.29 is 9.53 Å². The van der Waals surface area contributed by atoms with Gasteiger partial charge in [-0.2, -0.15) is 11.8 Å². The Morgan fingerprint density at radius 2 is 2.41 bits per heavy atom. The molecule has 17 heavy (non-hydrogen) atoms. The van der Waals surface area contributed by atoms with E-state index in [0.717, 1.165) is 31.1 Å². The van der Waals surface area contributed by atoms with E-state index in [4.69, 9.17) is 4.74 Å². The first-order valence-electron chi connectivity index (χ1n) is 6.38. The van der Waals surface area contributed by atoms with E-state index in [1.807, 2.05) is 25.6 Å². The van der Waals surface area contributed by atoms with Gasteiger partial charge in [-0.15, -0.1) is 0 Å². The van der Waals surface area contributed by atoms with E-state index in [0.29, 0.717) is 19.0 Å². The van der Waals surface area contributed by atoms with Crippen molar-refractivity contribution in [1.82, 2.24) is 10.6 Å². The Kier molecular flexibility index (Phi) is 7.64. The maximum Gasteiger partial charge on any atom is 0.221 e. The van der Waals surface area contributed by atoms with Gasteiger partial charge in [-0.3, -0.25) is 4.79 Å². The maximum absolute atomic E-state index is 11.6. The van der Waals surface area contributed by atoms with Gasteiger partial charge in [-0.1, -0.05) is 0 Å². The minimum Gasteiger partial charge on any atom is -0.379 e. The summed E-state index contributed by atoms with van der Waals surface area (Å²) in [5, 5.41) is 6.30. The van der Waals surface area contributed by atoms with Crippen LogP contribution in [-0.4, -0.2) is 49.3 Å². The SMILES string of the molecule is CC(C)OCCCNC(=O)CC1CSCCN1. The van der Waals surface area contributed by atoms with Crippen molar-refractivity contribution in [2.24, 2.45) is 0 Å². The number of nitrogens with one attached hydrogen (secondary N) is 2. The zero-order valence-electron chi connectivity index (χ0n) is 10.8. The van der Waals surface area contributed by atoms with Gasteiger partial charge in [0.1, 0.15) is 0 Å². The first-order chi connectivity index (χ1) is 8.18. The summed E-state index contributed by atoms with van der Waals surface area (Å²) < 4.78 is 5.41. The largest absolute Gasteiger partial charge is 0.379 e. The van der Waals surface area contributed by atoms with Gasteiger partial charge in [0, 0.05) is 43.7 Å². The number of rotatable bonds is 7. The van der Waals surface area contributed by atoms with Crippen molar-refractivity contribution in [2.75, 3.05) is 31.2 Å². The Bertz CT molecular complexity index is 219. The fraction of sp³-hybridized carbons (Fsp3) is 0.917. The molecule has 1 unspecified atom stereocenters. The summed E-state index contributed by atoms with van der Waals surface area (Å²) in [5.74, 6) is 2.35. The Morgan fingerprint density at radius 3 is 3.06 bits per heavy atom. The molecule has 1 aliphatic rings. The first kappa shape index (κ1) is 14.8. The highest BCUT2D eigenvalue weighted by atomic mass is 32.2. The molecule has 5 heteroatoms. The summed E-state index contributed by atoms with van der Waals surface area (Å²) in [4.78, 5) is 11.6. The molecule has 1 heterocycles. The lowest BCUT2D eigenvalue weighted by atomic mass is 10.2. The van der Waals surface area contributed by atoms with Crippen LogP contribution in [0.1, 0.15) is 26.7 Å². The molecule has 4 nitrogen and oxygen atoms in total. The van der Waals surface area contributed by atoms with E-state index in [9.17, 15) is 4.79 Å². The second kappa shape index (κ2) is 8.78. The smallest absolute Gasteiger partial charge is 0.221 e. The molecule has 1 saturated heterocycles. The molecule has 1 atom stereocenters. The topological polar surface area (TPSA) is 50.4 Å². The molecule has 100 valence electrons. The lowest BCUT2D eigenvalue weighted by molar-refractivity contribution is -0.121. The number of thioether (sulfide) groups is 1. The maximum atomic E-state index is 11.6. The van der Waals surface area contributed by atoms with Crippen molar-refractivity contribution in [3.05, 3.63) is 0 Å². The lowest BCUT2D eigenvalue weighted by Crippen LogP contribution is -2.41. The minimum atomic E-state index is 0.148. The van der Waals surface area contributed by atoms with E-state index in [-0.39, 0.29) is 12.0 Å². The molecule has 0 aromatic carbocycles. The van der Waals surface area contributed by atoms with Crippen molar-refractivity contribution in [2.45, 2.75) is 38.8 Å². The molecule has 0 spiro atoms. The van der Waals surface area contributed by atoms with Crippen molar-refractivity contribution >= 4 is 17.7 Å². The van der Waals surface area contributed by atoms with Gasteiger partial charge >= 0.3 is 0 Å². The molecule has 1 fully saturated rings. The lowest BCUT2D eigenvalue weighted by Gasteiger charge is -2.22. The number of ether oxygens (including phenoxy) is 1. The average molecular weight is 260 g/mol. The molecule has 0 aromatic rings. The van der Waals surface area contributed by atoms with Gasteiger partial charge in [-0.25, -0.2) is 0 Å². The summed E-state index contributed by atoms with van der Waals surface area (Å²) in [6.07, 6.45) is 1.75. The average Bonchev–Trinajstić information content (AvgIpc) is 2.29.